The van der Waals surface area contributed by atoms with Gasteiger partial charge >= 0.3 is 10.2 Å². The van der Waals surface area contributed by atoms with Gasteiger partial charge in [0.05, 0.1) is 26.2 Å². The van der Waals surface area contributed by atoms with E-state index in [0.717, 1.165) is 20.3 Å². The first-order valence-electron chi connectivity index (χ1n) is 9.50. The van der Waals surface area contributed by atoms with E-state index in [-0.39, 0.29) is 29.7 Å². The quantitative estimate of drug-likeness (QED) is 0.292. The summed E-state index contributed by atoms with van der Waals surface area (Å²) in [5, 5.41) is 5.90. The van der Waals surface area contributed by atoms with Gasteiger partial charge in [-0.25, -0.2) is 8.42 Å². The van der Waals surface area contributed by atoms with E-state index >= 15 is 0 Å². The average Bonchev–Trinajstić information content (AvgIpc) is 3.40. The number of sulfonamides is 1. The second-order valence-corrected chi connectivity index (χ2v) is 11.3. The summed E-state index contributed by atoms with van der Waals surface area (Å²) in [6, 6.07) is 6.70. The van der Waals surface area contributed by atoms with Crippen LogP contribution in [0.3, 0.4) is 0 Å². The van der Waals surface area contributed by atoms with Gasteiger partial charge in [-0.05, 0) is 35.9 Å². The van der Waals surface area contributed by atoms with Gasteiger partial charge in [0.25, 0.3) is 10.0 Å². The molecule has 0 aliphatic heterocycles. The topological polar surface area (TPSA) is 108 Å². The second-order valence-electron chi connectivity index (χ2n) is 7.27. The molecule has 1 N–H and O–H groups in total. The molecule has 9 nitrogen and oxygen atoms in total. The van der Waals surface area contributed by atoms with Gasteiger partial charge in [-0.2, -0.15) is 5.10 Å². The van der Waals surface area contributed by atoms with E-state index in [0.29, 0.717) is 0 Å². The van der Waals surface area contributed by atoms with Crippen molar-refractivity contribution in [2.75, 3.05) is 18.9 Å². The van der Waals surface area contributed by atoms with Gasteiger partial charge in [0.2, 0.25) is 0 Å². The number of nitrogens with one attached hydrogen (secondary N) is 1. The van der Waals surface area contributed by atoms with Crippen molar-refractivity contribution in [2.45, 2.75) is 16.3 Å². The summed E-state index contributed by atoms with van der Waals surface area (Å²) in [6.45, 7) is -0.288. The van der Waals surface area contributed by atoms with Crippen LogP contribution in [-0.4, -0.2) is 37.6 Å². The highest BCUT2D eigenvalue weighted by molar-refractivity contribution is 8.46. The molecule has 0 saturated heterocycles. The van der Waals surface area contributed by atoms with Crippen molar-refractivity contribution in [3.05, 3.63) is 54.4 Å². The van der Waals surface area contributed by atoms with E-state index in [1.165, 1.54) is 41.3 Å². The summed E-state index contributed by atoms with van der Waals surface area (Å²) in [4.78, 5) is -2.93. The van der Waals surface area contributed by atoms with Crippen LogP contribution in [0.1, 0.15) is 5.56 Å². The smallest absolute Gasteiger partial charge is 0.311 e. The molecule has 0 radical (unpaired) electrons. The lowest BCUT2D eigenvalue weighted by molar-refractivity contribution is 0.365. The van der Waals surface area contributed by atoms with Crippen molar-refractivity contribution in [3.63, 3.8) is 0 Å². The molecule has 4 rings (SSSR count). The molecule has 0 amide bonds. The molecule has 2 aromatic carbocycles. The van der Waals surface area contributed by atoms with Crippen molar-refractivity contribution in [3.8, 4) is 11.5 Å². The fourth-order valence-corrected chi connectivity index (χ4v) is 5.68. The number of nitrogens with zero attached hydrogens (tertiary/aromatic N) is 3. The van der Waals surface area contributed by atoms with Crippen LogP contribution in [0.5, 0.6) is 11.5 Å². The SMILES string of the molecule is COc1cccc(OC)c1S(=O)(=O)Nc1noc2cc(Cn3cccn3)cc(S(F)(F)(F)(F)F)c12. The van der Waals surface area contributed by atoms with Gasteiger partial charge in [0.1, 0.15) is 16.4 Å². The van der Waals surface area contributed by atoms with Crippen molar-refractivity contribution in [2.24, 2.45) is 0 Å². The summed E-state index contributed by atoms with van der Waals surface area (Å²) in [5.74, 6) is -1.50. The Morgan fingerprint density at radius 2 is 1.71 bits per heavy atom. The van der Waals surface area contributed by atoms with Crippen LogP contribution in [0.4, 0.5) is 25.2 Å². The molecular formula is C19H17F5N4O5S2. The van der Waals surface area contributed by atoms with Gasteiger partial charge in [0.15, 0.2) is 16.3 Å². The number of fused-ring (bicyclic) bond motifs is 1. The first kappa shape index (κ1) is 24.6. The summed E-state index contributed by atoms with van der Waals surface area (Å²) in [6.07, 6.45) is 2.78. The van der Waals surface area contributed by atoms with Crippen LogP contribution in [0.15, 0.2) is 63.1 Å². The summed E-state index contributed by atoms with van der Waals surface area (Å²) >= 11 is 0. The van der Waals surface area contributed by atoms with Gasteiger partial charge in [-0.1, -0.05) is 30.7 Å². The third-order valence-electron chi connectivity index (χ3n) is 4.80. The van der Waals surface area contributed by atoms with Crippen molar-refractivity contribution < 1.29 is 41.8 Å². The lowest BCUT2D eigenvalue weighted by atomic mass is 10.1. The maximum atomic E-state index is 14.1. The molecule has 16 heteroatoms. The van der Waals surface area contributed by atoms with Crippen molar-refractivity contribution >= 4 is 37.0 Å². The van der Waals surface area contributed by atoms with E-state index in [1.807, 2.05) is 0 Å². The predicted octanol–water partition coefficient (Wildman–Crippen LogP) is 5.55. The summed E-state index contributed by atoms with van der Waals surface area (Å²) in [7, 11) is -12.8. The van der Waals surface area contributed by atoms with E-state index in [4.69, 9.17) is 14.0 Å². The molecule has 0 unspecified atom stereocenters. The van der Waals surface area contributed by atoms with Crippen LogP contribution in [0.25, 0.3) is 11.0 Å². The van der Waals surface area contributed by atoms with Gasteiger partial charge in [-0.3, -0.25) is 9.40 Å². The lowest BCUT2D eigenvalue weighted by Crippen LogP contribution is -2.16. The molecule has 190 valence electrons. The molecule has 0 aliphatic rings. The van der Waals surface area contributed by atoms with Gasteiger partial charge < -0.3 is 14.0 Å². The van der Waals surface area contributed by atoms with E-state index in [9.17, 15) is 27.8 Å². The number of anilines is 1. The van der Waals surface area contributed by atoms with Gasteiger partial charge in [-0.15, -0.1) is 0 Å². The minimum Gasteiger partial charge on any atom is -0.495 e. The first-order valence-corrected chi connectivity index (χ1v) is 12.9. The van der Waals surface area contributed by atoms with Crippen LogP contribution in [0, 0.1) is 0 Å². The summed E-state index contributed by atoms with van der Waals surface area (Å²) < 4.78 is 114. The monoisotopic (exact) mass is 540 g/mol. The Kier molecular flexibility index (Phi) is 5.26. The Hall–Kier alpha value is -3.53. The van der Waals surface area contributed by atoms with Gasteiger partial charge in [0, 0.05) is 12.4 Å². The van der Waals surface area contributed by atoms with Crippen molar-refractivity contribution in [1.29, 1.82) is 0 Å². The number of rotatable bonds is 8. The minimum atomic E-state index is -10.4. The molecule has 0 fully saturated rings. The largest absolute Gasteiger partial charge is 0.495 e. The molecule has 0 saturated carbocycles. The number of methoxy groups -OCH3 is 2. The number of hydrogen-bond donors (Lipinski definition) is 1. The zero-order valence-electron chi connectivity index (χ0n) is 17.9. The fourth-order valence-electron chi connectivity index (χ4n) is 3.40. The third kappa shape index (κ3) is 4.84. The molecule has 0 atom stereocenters. The number of hydrogen-bond acceptors (Lipinski definition) is 7. The number of halogens is 5. The minimum absolute atomic E-state index is 0.209. The van der Waals surface area contributed by atoms with E-state index < -0.39 is 46.8 Å². The molecule has 4 aromatic rings. The Balaban J connectivity index is 1.91. The molecule has 0 aliphatic carbocycles. The molecule has 2 heterocycles. The standard InChI is InChI=1S/C19H17F5N4O5S2/c1-31-13-5-3-6-14(32-2)18(13)34(29,30)27-19-17-15(33-26-19)9-12(11-28-8-4-7-25-28)10-16(17)35(20,21,22,23)24/h3-10H,11H2,1-2H3,(H,26,27). The lowest BCUT2D eigenvalue weighted by Gasteiger charge is -2.41. The molecule has 2 aromatic heterocycles. The fraction of sp³-hybridized carbons (Fsp3) is 0.158. The Labute approximate surface area is 195 Å². The zero-order chi connectivity index (χ0) is 25.7. The number of aromatic nitrogens is 3. The first-order chi connectivity index (χ1) is 16.1. The highest BCUT2D eigenvalue weighted by atomic mass is 32.5. The van der Waals surface area contributed by atoms with Crippen LogP contribution in [-0.2, 0) is 16.6 Å². The third-order valence-corrected chi connectivity index (χ3v) is 7.35. The van der Waals surface area contributed by atoms with E-state index in [2.05, 4.69) is 10.3 Å². The average molecular weight is 540 g/mol. The molecule has 35 heavy (non-hydrogen) atoms. The maximum Gasteiger partial charge on any atom is 0.311 e. The maximum absolute atomic E-state index is 14.1. The zero-order valence-corrected chi connectivity index (χ0v) is 19.5. The van der Waals surface area contributed by atoms with Crippen molar-refractivity contribution in [1.82, 2.24) is 14.9 Å². The Morgan fingerprint density at radius 3 is 2.26 bits per heavy atom. The normalized spacial score (nSPS) is 14.4. The highest BCUT2D eigenvalue weighted by Gasteiger charge is 2.67. The Morgan fingerprint density at radius 1 is 1.06 bits per heavy atom. The number of ether oxygens (including phenoxy) is 2. The highest BCUT2D eigenvalue weighted by Crippen LogP contribution is 3.02. The van der Waals surface area contributed by atoms with E-state index in [1.54, 1.807) is 4.72 Å². The Bertz CT molecular complexity index is 1500. The van der Waals surface area contributed by atoms with Crippen LogP contribution in [0.2, 0.25) is 0 Å². The molecular weight excluding hydrogens is 523 g/mol. The van der Waals surface area contributed by atoms with Crippen LogP contribution < -0.4 is 14.2 Å². The number of benzene rings is 2. The molecule has 0 spiro atoms. The predicted molar refractivity (Wildman–Crippen MR) is 117 cm³/mol. The molecule has 0 bridgehead atoms. The van der Waals surface area contributed by atoms with Crippen LogP contribution >= 0.6 is 10.2 Å². The summed E-state index contributed by atoms with van der Waals surface area (Å²) in [5.41, 5.74) is -0.927. The second kappa shape index (κ2) is 7.48.